The van der Waals surface area contributed by atoms with Gasteiger partial charge >= 0.3 is 0 Å². The molecule has 2 aromatic rings. The number of nitrogens with one attached hydrogen (secondary N) is 2. The van der Waals surface area contributed by atoms with Crippen molar-refractivity contribution in [1.82, 2.24) is 10.0 Å². The Morgan fingerprint density at radius 2 is 1.96 bits per heavy atom. The van der Waals surface area contributed by atoms with Gasteiger partial charge in [-0.1, -0.05) is 12.1 Å². The second-order valence-electron chi connectivity index (χ2n) is 5.69. The molecule has 1 amide bonds. The molecule has 0 bridgehead atoms. The van der Waals surface area contributed by atoms with E-state index in [0.717, 1.165) is 23.4 Å². The summed E-state index contributed by atoms with van der Waals surface area (Å²) >= 11 is 0. The summed E-state index contributed by atoms with van der Waals surface area (Å²) in [7, 11) is -2.30. The van der Waals surface area contributed by atoms with Crippen LogP contribution in [0, 0.1) is 12.7 Å². The minimum absolute atomic E-state index is 0.0527. The van der Waals surface area contributed by atoms with Crippen LogP contribution in [0.1, 0.15) is 11.1 Å². The number of methoxy groups -OCH3 is 1. The normalized spacial score (nSPS) is 11.2. The lowest BCUT2D eigenvalue weighted by atomic mass is 10.1. The van der Waals surface area contributed by atoms with Crippen LogP contribution in [-0.4, -0.2) is 34.5 Å². The average molecular weight is 380 g/mol. The lowest BCUT2D eigenvalue weighted by molar-refractivity contribution is -0.119. The number of halogens is 1. The van der Waals surface area contributed by atoms with Gasteiger partial charge < -0.3 is 10.1 Å². The Morgan fingerprint density at radius 3 is 2.65 bits per heavy atom. The second kappa shape index (κ2) is 8.77. The molecule has 140 valence electrons. The summed E-state index contributed by atoms with van der Waals surface area (Å²) in [5.74, 6) is -0.232. The third-order valence-corrected chi connectivity index (χ3v) is 5.28. The fourth-order valence-electron chi connectivity index (χ4n) is 2.39. The lowest BCUT2D eigenvalue weighted by Crippen LogP contribution is -2.37. The van der Waals surface area contributed by atoms with Gasteiger partial charge in [0.2, 0.25) is 15.9 Å². The van der Waals surface area contributed by atoms with Crippen molar-refractivity contribution in [3.63, 3.8) is 0 Å². The van der Waals surface area contributed by atoms with Gasteiger partial charge in [-0.2, -0.15) is 0 Å². The number of amides is 1. The molecule has 2 aromatic carbocycles. The summed E-state index contributed by atoms with van der Waals surface area (Å²) < 4.78 is 44.9. The van der Waals surface area contributed by atoms with Crippen molar-refractivity contribution in [3.05, 3.63) is 59.4 Å². The number of carbonyl (C=O) groups excluding carboxylic acids is 1. The first-order valence-electron chi connectivity index (χ1n) is 7.97. The van der Waals surface area contributed by atoms with Crippen molar-refractivity contribution in [2.24, 2.45) is 0 Å². The van der Waals surface area contributed by atoms with Gasteiger partial charge in [-0.25, -0.2) is 17.5 Å². The summed E-state index contributed by atoms with van der Waals surface area (Å²) in [5.41, 5.74) is 1.27. The Kier molecular flexibility index (Phi) is 6.70. The molecule has 0 aliphatic carbocycles. The Hall–Kier alpha value is -2.45. The molecule has 0 fully saturated rings. The van der Waals surface area contributed by atoms with Gasteiger partial charge in [0.05, 0.1) is 18.6 Å². The smallest absolute Gasteiger partial charge is 0.241 e. The van der Waals surface area contributed by atoms with E-state index in [1.54, 1.807) is 7.11 Å². The average Bonchev–Trinajstić information content (AvgIpc) is 2.60. The van der Waals surface area contributed by atoms with Crippen LogP contribution in [-0.2, 0) is 21.2 Å². The summed E-state index contributed by atoms with van der Waals surface area (Å²) in [6, 6.07) is 10.8. The lowest BCUT2D eigenvalue weighted by Gasteiger charge is -2.10. The fourth-order valence-corrected chi connectivity index (χ4v) is 3.60. The van der Waals surface area contributed by atoms with Crippen LogP contribution < -0.4 is 14.8 Å². The molecule has 0 aromatic heterocycles. The molecule has 0 heterocycles. The van der Waals surface area contributed by atoms with Crippen LogP contribution in [0.15, 0.2) is 47.4 Å². The molecular formula is C18H21FN2O4S. The van der Waals surface area contributed by atoms with Crippen LogP contribution in [0.25, 0.3) is 0 Å². The van der Waals surface area contributed by atoms with E-state index in [2.05, 4.69) is 10.0 Å². The Morgan fingerprint density at radius 1 is 1.19 bits per heavy atom. The quantitative estimate of drug-likeness (QED) is 0.731. The Balaban J connectivity index is 1.84. The zero-order chi connectivity index (χ0) is 19.2. The van der Waals surface area contributed by atoms with Crippen LogP contribution in [0.4, 0.5) is 4.39 Å². The zero-order valence-electron chi connectivity index (χ0n) is 14.6. The Labute approximate surface area is 152 Å². The minimum atomic E-state index is -3.88. The van der Waals surface area contributed by atoms with Crippen molar-refractivity contribution in [2.45, 2.75) is 18.2 Å². The first kappa shape index (κ1) is 19.9. The van der Waals surface area contributed by atoms with Gasteiger partial charge in [-0.3, -0.25) is 4.79 Å². The van der Waals surface area contributed by atoms with E-state index in [0.29, 0.717) is 13.0 Å². The number of benzene rings is 2. The standard InChI is InChI=1S/C18H21FN2O4S/c1-13-10-15(19)6-7-17(13)26(23,24)21-12-18(22)20-9-8-14-4-3-5-16(11-14)25-2/h3-7,10-11,21H,8-9,12H2,1-2H3,(H,20,22). The molecule has 6 nitrogen and oxygen atoms in total. The van der Waals surface area contributed by atoms with E-state index in [1.165, 1.54) is 13.0 Å². The van der Waals surface area contributed by atoms with E-state index in [9.17, 15) is 17.6 Å². The number of hydrogen-bond donors (Lipinski definition) is 2. The fraction of sp³-hybridized carbons (Fsp3) is 0.278. The highest BCUT2D eigenvalue weighted by Gasteiger charge is 2.18. The summed E-state index contributed by atoms with van der Waals surface area (Å²) in [5, 5.41) is 2.65. The number of sulfonamides is 1. The van der Waals surface area contributed by atoms with Crippen LogP contribution >= 0.6 is 0 Å². The summed E-state index contributed by atoms with van der Waals surface area (Å²) in [4.78, 5) is 11.8. The van der Waals surface area contributed by atoms with Crippen molar-refractivity contribution in [1.29, 1.82) is 0 Å². The van der Waals surface area contributed by atoms with Gasteiger partial charge in [0.15, 0.2) is 0 Å². The number of rotatable bonds is 8. The van der Waals surface area contributed by atoms with Gasteiger partial charge in [-0.05, 0) is 54.8 Å². The van der Waals surface area contributed by atoms with Crippen LogP contribution in [0.5, 0.6) is 5.75 Å². The van der Waals surface area contributed by atoms with E-state index < -0.39 is 28.3 Å². The minimum Gasteiger partial charge on any atom is -0.497 e. The second-order valence-corrected chi connectivity index (χ2v) is 7.42. The number of carbonyl (C=O) groups is 1. The molecule has 0 atom stereocenters. The first-order chi connectivity index (χ1) is 12.3. The van der Waals surface area contributed by atoms with Gasteiger partial charge in [0, 0.05) is 6.54 Å². The maximum Gasteiger partial charge on any atom is 0.241 e. The Bertz CT molecular complexity index is 885. The topological polar surface area (TPSA) is 84.5 Å². The number of aryl methyl sites for hydroxylation is 1. The highest BCUT2D eigenvalue weighted by atomic mass is 32.2. The molecular weight excluding hydrogens is 359 g/mol. The van der Waals surface area contributed by atoms with E-state index in [1.807, 2.05) is 24.3 Å². The van der Waals surface area contributed by atoms with Gasteiger partial charge in [-0.15, -0.1) is 0 Å². The van der Waals surface area contributed by atoms with E-state index in [-0.39, 0.29) is 10.5 Å². The third kappa shape index (κ3) is 5.53. The van der Waals surface area contributed by atoms with Crippen molar-refractivity contribution in [2.75, 3.05) is 20.2 Å². The molecule has 0 radical (unpaired) electrons. The molecule has 0 saturated heterocycles. The molecule has 2 N–H and O–H groups in total. The maximum atomic E-state index is 13.1. The number of ether oxygens (including phenoxy) is 1. The SMILES string of the molecule is COc1cccc(CCNC(=O)CNS(=O)(=O)c2ccc(F)cc2C)c1. The number of hydrogen-bond acceptors (Lipinski definition) is 4. The van der Waals surface area contributed by atoms with E-state index in [4.69, 9.17) is 4.74 Å². The molecule has 0 unspecified atom stereocenters. The molecule has 26 heavy (non-hydrogen) atoms. The molecule has 0 aliphatic rings. The zero-order valence-corrected chi connectivity index (χ0v) is 15.4. The molecule has 0 aliphatic heterocycles. The van der Waals surface area contributed by atoms with Gasteiger partial charge in [0.1, 0.15) is 11.6 Å². The molecule has 8 heteroatoms. The predicted octanol–water partition coefficient (Wildman–Crippen LogP) is 1.78. The third-order valence-electron chi connectivity index (χ3n) is 3.72. The van der Waals surface area contributed by atoms with Crippen molar-refractivity contribution < 1.29 is 22.3 Å². The maximum absolute atomic E-state index is 13.1. The highest BCUT2D eigenvalue weighted by molar-refractivity contribution is 7.89. The van der Waals surface area contributed by atoms with E-state index >= 15 is 0 Å². The predicted molar refractivity (Wildman–Crippen MR) is 96.0 cm³/mol. The summed E-state index contributed by atoms with van der Waals surface area (Å²) in [6.45, 7) is 1.46. The summed E-state index contributed by atoms with van der Waals surface area (Å²) in [6.07, 6.45) is 0.590. The monoisotopic (exact) mass is 380 g/mol. The van der Waals surface area contributed by atoms with Gasteiger partial charge in [0.25, 0.3) is 0 Å². The van der Waals surface area contributed by atoms with Crippen molar-refractivity contribution >= 4 is 15.9 Å². The van der Waals surface area contributed by atoms with Crippen LogP contribution in [0.3, 0.4) is 0 Å². The molecule has 2 rings (SSSR count). The first-order valence-corrected chi connectivity index (χ1v) is 9.45. The molecule has 0 saturated carbocycles. The van der Waals surface area contributed by atoms with Crippen LogP contribution in [0.2, 0.25) is 0 Å². The highest BCUT2D eigenvalue weighted by Crippen LogP contribution is 2.15. The van der Waals surface area contributed by atoms with Crippen molar-refractivity contribution in [3.8, 4) is 5.75 Å². The largest absolute Gasteiger partial charge is 0.497 e. The molecule has 0 spiro atoms.